The number of carboxylic acid groups (broad SMARTS) is 1. The number of carbonyl (C=O) groups excluding carboxylic acids is 3. The molecule has 0 spiro atoms. The van der Waals surface area contributed by atoms with Crippen LogP contribution in [0, 0.1) is 13.8 Å². The van der Waals surface area contributed by atoms with E-state index in [1.54, 1.807) is 13.2 Å². The zero-order valence-electron chi connectivity index (χ0n) is 44.9. The van der Waals surface area contributed by atoms with Crippen LogP contribution in [0.25, 0.3) is 43.7 Å². The van der Waals surface area contributed by atoms with E-state index in [1.807, 2.05) is 80.0 Å². The Bertz CT molecular complexity index is 3350. The lowest BCUT2D eigenvalue weighted by Crippen LogP contribution is -2.49. The third-order valence-corrected chi connectivity index (χ3v) is 16.7. The number of anilines is 1. The summed E-state index contributed by atoms with van der Waals surface area (Å²) in [4.78, 5) is 80.3. The number of rotatable bonds is 29. The molecule has 0 aliphatic heterocycles. The molecule has 2 heterocycles. The lowest BCUT2D eigenvalue weighted by Gasteiger charge is -2.20. The van der Waals surface area contributed by atoms with E-state index in [1.165, 1.54) is 32.5 Å². The maximum Gasteiger partial charge on any atom is 0.469 e. The molecule has 20 nitrogen and oxygen atoms in total. The summed E-state index contributed by atoms with van der Waals surface area (Å²) in [5.41, 5.74) is 10.1. The molecular weight excluding hydrogens is 1090 g/mol. The number of fused-ring (bicyclic) bond motifs is 7. The highest BCUT2D eigenvalue weighted by Gasteiger charge is 2.30. The van der Waals surface area contributed by atoms with E-state index >= 15 is 0 Å². The van der Waals surface area contributed by atoms with Crippen LogP contribution < -0.4 is 26.0 Å². The van der Waals surface area contributed by atoms with Crippen molar-refractivity contribution >= 4 is 91.9 Å². The van der Waals surface area contributed by atoms with Gasteiger partial charge in [0.05, 0.1) is 25.8 Å². The average Bonchev–Trinajstić information content (AvgIpc) is 4.05. The second-order valence-corrected chi connectivity index (χ2v) is 22.8. The van der Waals surface area contributed by atoms with Gasteiger partial charge in [-0.05, 0) is 133 Å². The smallest absolute Gasteiger partial charge is 0.469 e. The van der Waals surface area contributed by atoms with Gasteiger partial charge in [0.1, 0.15) is 37.4 Å². The number of H-pyrrole nitrogens is 1. The molecule has 1 unspecified atom stereocenters. The number of alkyl carbamates (subject to hydrolysis) is 2. The van der Waals surface area contributed by atoms with Crippen molar-refractivity contribution in [1.29, 1.82) is 0 Å². The number of hydrogen-bond acceptors (Lipinski definition) is 15. The van der Waals surface area contributed by atoms with Gasteiger partial charge in [-0.1, -0.05) is 82.3 Å². The molecule has 0 fully saturated rings. The van der Waals surface area contributed by atoms with Crippen LogP contribution in [0.1, 0.15) is 52.1 Å². The predicted octanol–water partition coefficient (Wildman–Crippen LogP) is 9.06. The van der Waals surface area contributed by atoms with Gasteiger partial charge >= 0.3 is 26.0 Å². The van der Waals surface area contributed by atoms with Crippen molar-refractivity contribution in [3.8, 4) is 16.9 Å². The zero-order valence-corrected chi connectivity index (χ0v) is 47.4. The molecule has 0 saturated carbocycles. The van der Waals surface area contributed by atoms with Crippen LogP contribution in [-0.2, 0) is 45.9 Å². The largest absolute Gasteiger partial charge is 0.497 e. The first-order valence-corrected chi connectivity index (χ1v) is 29.9. The minimum atomic E-state index is -4.78. The Balaban J connectivity index is 0.798. The fourth-order valence-electron chi connectivity index (χ4n) is 9.86. The third kappa shape index (κ3) is 15.5. The summed E-state index contributed by atoms with van der Waals surface area (Å²) in [5, 5.41) is 25.3. The Morgan fingerprint density at radius 1 is 0.825 bits per heavy atom. The molecule has 0 radical (unpaired) electrons. The number of methoxy groups -OCH3 is 1. The van der Waals surface area contributed by atoms with Crippen molar-refractivity contribution in [1.82, 2.24) is 30.8 Å². The van der Waals surface area contributed by atoms with E-state index in [0.717, 1.165) is 103 Å². The average molecular weight is 1150 g/mol. The third-order valence-electron chi connectivity index (χ3n) is 13.7. The number of phosphoric ester groups is 1. The van der Waals surface area contributed by atoms with Crippen LogP contribution in [0.4, 0.5) is 15.4 Å². The van der Waals surface area contributed by atoms with Gasteiger partial charge in [0.25, 0.3) is 0 Å². The molecule has 8 rings (SSSR count). The van der Waals surface area contributed by atoms with E-state index in [2.05, 4.69) is 67.7 Å². The molecule has 8 N–H and O–H groups in total. The number of aliphatic carboxylic acids is 1. The van der Waals surface area contributed by atoms with E-state index < -0.39 is 51.1 Å². The number of phosphoric acid groups is 1. The molecule has 0 saturated heterocycles. The van der Waals surface area contributed by atoms with Crippen LogP contribution in [-0.4, -0.2) is 139 Å². The molecule has 1 aliphatic carbocycles. The van der Waals surface area contributed by atoms with E-state index in [4.69, 9.17) is 38.8 Å². The minimum absolute atomic E-state index is 0.00892. The molecule has 424 valence electrons. The first-order valence-electron chi connectivity index (χ1n) is 26.1. The summed E-state index contributed by atoms with van der Waals surface area (Å²) in [6.45, 7) is 5.85. The number of nitrogens with zero attached hydrogens (tertiary/aromatic N) is 2. The van der Waals surface area contributed by atoms with Gasteiger partial charge in [0.2, 0.25) is 5.91 Å². The molecule has 5 aromatic carbocycles. The van der Waals surface area contributed by atoms with Gasteiger partial charge in [0.15, 0.2) is 0 Å². The van der Waals surface area contributed by atoms with Crippen molar-refractivity contribution in [2.75, 3.05) is 84.4 Å². The Morgan fingerprint density at radius 3 is 2.29 bits per heavy atom. The molecule has 0 bridgehead atoms. The Hall–Kier alpha value is -6.88. The van der Waals surface area contributed by atoms with Gasteiger partial charge in [-0.2, -0.15) is 0 Å². The van der Waals surface area contributed by atoms with Gasteiger partial charge < -0.3 is 65.0 Å². The van der Waals surface area contributed by atoms with Gasteiger partial charge in [-0.3, -0.25) is 9.32 Å². The monoisotopic (exact) mass is 1150 g/mol. The molecule has 3 amide bonds. The van der Waals surface area contributed by atoms with Crippen LogP contribution >= 0.6 is 29.4 Å². The predicted molar refractivity (Wildman–Crippen MR) is 310 cm³/mol. The highest BCUT2D eigenvalue weighted by atomic mass is 33.1. The lowest BCUT2D eigenvalue weighted by atomic mass is 9.96. The topological polar surface area (TPSA) is 272 Å². The summed E-state index contributed by atoms with van der Waals surface area (Å²) < 4.78 is 37.9. The van der Waals surface area contributed by atoms with Gasteiger partial charge in [0, 0.05) is 64.1 Å². The molecule has 1 atom stereocenters. The summed E-state index contributed by atoms with van der Waals surface area (Å²) in [6, 6.07) is 28.2. The number of amides is 3. The first-order chi connectivity index (χ1) is 38.6. The molecular formula is C57H66N7O13PS2. The Labute approximate surface area is 471 Å². The van der Waals surface area contributed by atoms with Crippen molar-refractivity contribution in [3.63, 3.8) is 0 Å². The number of pyridine rings is 1. The van der Waals surface area contributed by atoms with Crippen LogP contribution in [0.2, 0.25) is 0 Å². The number of aromatic amines is 1. The van der Waals surface area contributed by atoms with E-state index in [-0.39, 0.29) is 38.0 Å². The number of benzene rings is 5. The van der Waals surface area contributed by atoms with Crippen molar-refractivity contribution in [3.05, 3.63) is 131 Å². The number of aromatic nitrogens is 2. The molecule has 23 heteroatoms. The summed E-state index contributed by atoms with van der Waals surface area (Å²) >= 11 is 0. The molecule has 2 aromatic heterocycles. The summed E-state index contributed by atoms with van der Waals surface area (Å²) in [5.74, 6) is -0.282. The number of carbonyl (C=O) groups is 4. The number of aryl methyl sites for hydroxylation is 2. The molecule has 7 aromatic rings. The van der Waals surface area contributed by atoms with Gasteiger partial charge in [-0.15, -0.1) is 0 Å². The first kappa shape index (κ1) is 59.2. The molecule has 1 aliphatic rings. The maximum absolute atomic E-state index is 13.4. The highest BCUT2D eigenvalue weighted by Crippen LogP contribution is 2.45. The lowest BCUT2D eigenvalue weighted by molar-refractivity contribution is -0.142. The number of ether oxygens (including phenoxy) is 4. The standard InChI is InChI=1S/C57H66N7O13PS2/c1-35-40-19-23-59-54(52(40)36(2)51-45-30-39(73-4)16-17-47(45)62-53(35)51)58-21-9-25-64(3)26-10-22-61-56(68)75-31-37-15-18-49(38(29-37)20-27-74-33-50(65)66)80-79-34-48(55(67)60-24-28-77-78(70,71)72)63-57(69)76-32-46-43-13-7-5-11-41(43)42-12-6-8-14-44(42)46/h5-8,11-19,23,29-30,46,48,62H,9-10,20-22,24-28,31-34H2,1-4H3,(H,58,59)(H,60,67)(H,61,68)(H,63,69)(H,65,66)(H2,70,71,72). The van der Waals surface area contributed by atoms with Crippen LogP contribution in [0.5, 0.6) is 5.75 Å². The summed E-state index contributed by atoms with van der Waals surface area (Å²) in [7, 11) is 1.49. The fraction of sp³-hybridized carbons (Fsp3) is 0.351. The van der Waals surface area contributed by atoms with Crippen molar-refractivity contribution in [2.45, 2.75) is 56.6 Å². The van der Waals surface area contributed by atoms with E-state index in [9.17, 15) is 23.7 Å². The maximum atomic E-state index is 13.4. The second-order valence-electron chi connectivity index (χ2n) is 19.2. The van der Waals surface area contributed by atoms with Crippen molar-refractivity contribution in [2.24, 2.45) is 0 Å². The number of hydrogen-bond donors (Lipinski definition) is 8. The highest BCUT2D eigenvalue weighted by molar-refractivity contribution is 8.76. The van der Waals surface area contributed by atoms with Gasteiger partial charge in [-0.25, -0.2) is 23.9 Å². The zero-order chi connectivity index (χ0) is 56.8. The SMILES string of the molecule is COc1ccc2[nH]c3c(C)c4ccnc(NCCCN(C)CCCNC(=O)OCc5ccc(SSCC(NC(=O)OCC6c7ccccc7-c7ccccc76)C(=O)NCCOP(=O)(O)O)c(CCOCC(=O)O)c5)c4c(C)c3c2c1. The van der Waals surface area contributed by atoms with E-state index in [0.29, 0.717) is 24.9 Å². The minimum Gasteiger partial charge on any atom is -0.497 e. The summed E-state index contributed by atoms with van der Waals surface area (Å²) in [6.07, 6.45) is 2.33. The Morgan fingerprint density at radius 2 is 1.56 bits per heavy atom. The number of nitrogens with one attached hydrogen (secondary N) is 5. The van der Waals surface area contributed by atoms with Crippen LogP contribution in [0.15, 0.2) is 102 Å². The van der Waals surface area contributed by atoms with Crippen LogP contribution in [0.3, 0.4) is 0 Å². The fourth-order valence-corrected chi connectivity index (χ4v) is 12.6. The second kappa shape index (κ2) is 28.0. The quantitative estimate of drug-likeness (QED) is 0.0123. The molecule has 80 heavy (non-hydrogen) atoms. The number of carboxylic acids is 1. The van der Waals surface area contributed by atoms with Crippen molar-refractivity contribution < 1.29 is 62.1 Å². The normalized spacial score (nSPS) is 12.6. The Kier molecular flexibility index (Phi) is 20.7.